The number of ether oxygens (including phenoxy) is 2. The highest BCUT2D eigenvalue weighted by Gasteiger charge is 2.20. The summed E-state index contributed by atoms with van der Waals surface area (Å²) in [7, 11) is 0. The Labute approximate surface area is 92.3 Å². The van der Waals surface area contributed by atoms with E-state index in [-0.39, 0.29) is 6.10 Å². The van der Waals surface area contributed by atoms with Crippen LogP contribution in [-0.4, -0.2) is 12.7 Å². The molecule has 0 aliphatic carbocycles. The van der Waals surface area contributed by atoms with Gasteiger partial charge < -0.3 is 9.47 Å². The molecule has 0 amide bonds. The van der Waals surface area contributed by atoms with Gasteiger partial charge in [0.2, 0.25) is 0 Å². The van der Waals surface area contributed by atoms with Gasteiger partial charge in [0.15, 0.2) is 5.76 Å². The van der Waals surface area contributed by atoms with Gasteiger partial charge in [0, 0.05) is 0 Å². The van der Waals surface area contributed by atoms with Crippen molar-refractivity contribution >= 4 is 0 Å². The summed E-state index contributed by atoms with van der Waals surface area (Å²) in [5, 5.41) is 0. The van der Waals surface area contributed by atoms with E-state index in [4.69, 9.17) is 9.47 Å². The standard InChI is InChI=1S/C13H20O2/c1-5-6-7-13-11(4)14-9-12(15-13)8-10(2)3/h5-7,10,12H,1,8-9H2,2-4H3/b7-6-. The van der Waals surface area contributed by atoms with E-state index >= 15 is 0 Å². The second-order valence-electron chi connectivity index (χ2n) is 4.20. The Bertz CT molecular complexity index is 274. The van der Waals surface area contributed by atoms with Crippen molar-refractivity contribution in [3.63, 3.8) is 0 Å². The number of rotatable bonds is 4. The second kappa shape index (κ2) is 5.64. The van der Waals surface area contributed by atoms with Gasteiger partial charge in [-0.15, -0.1) is 0 Å². The van der Waals surface area contributed by atoms with Crippen LogP contribution in [-0.2, 0) is 9.47 Å². The molecule has 0 aromatic rings. The summed E-state index contributed by atoms with van der Waals surface area (Å²) in [4.78, 5) is 0. The Morgan fingerprint density at radius 2 is 2.27 bits per heavy atom. The van der Waals surface area contributed by atoms with Crippen LogP contribution in [0.15, 0.2) is 36.3 Å². The van der Waals surface area contributed by atoms with Gasteiger partial charge in [-0.3, -0.25) is 0 Å². The Kier molecular flexibility index (Phi) is 4.47. The fourth-order valence-corrected chi connectivity index (χ4v) is 1.54. The Morgan fingerprint density at radius 3 is 2.87 bits per heavy atom. The van der Waals surface area contributed by atoms with E-state index in [1.165, 1.54) is 0 Å². The Hall–Kier alpha value is -1.18. The van der Waals surface area contributed by atoms with Gasteiger partial charge in [-0.2, -0.15) is 0 Å². The van der Waals surface area contributed by atoms with Crippen LogP contribution in [0.2, 0.25) is 0 Å². The molecule has 1 heterocycles. The predicted molar refractivity (Wildman–Crippen MR) is 62.3 cm³/mol. The molecule has 1 atom stereocenters. The first kappa shape index (κ1) is 11.9. The van der Waals surface area contributed by atoms with E-state index in [0.717, 1.165) is 17.9 Å². The molecule has 15 heavy (non-hydrogen) atoms. The van der Waals surface area contributed by atoms with E-state index in [9.17, 15) is 0 Å². The fourth-order valence-electron chi connectivity index (χ4n) is 1.54. The first-order valence-electron chi connectivity index (χ1n) is 5.43. The van der Waals surface area contributed by atoms with Gasteiger partial charge in [-0.05, 0) is 25.3 Å². The molecular formula is C13H20O2. The maximum atomic E-state index is 5.83. The predicted octanol–water partition coefficient (Wildman–Crippen LogP) is 3.42. The van der Waals surface area contributed by atoms with Crippen molar-refractivity contribution in [1.29, 1.82) is 0 Å². The molecule has 0 aromatic heterocycles. The van der Waals surface area contributed by atoms with Crippen LogP contribution < -0.4 is 0 Å². The van der Waals surface area contributed by atoms with Crippen LogP contribution in [0.5, 0.6) is 0 Å². The zero-order valence-electron chi connectivity index (χ0n) is 9.82. The smallest absolute Gasteiger partial charge is 0.157 e. The average Bonchev–Trinajstić information content (AvgIpc) is 2.18. The molecule has 0 aromatic carbocycles. The summed E-state index contributed by atoms with van der Waals surface area (Å²) >= 11 is 0. The molecule has 0 bridgehead atoms. The van der Waals surface area contributed by atoms with Crippen molar-refractivity contribution < 1.29 is 9.47 Å². The SMILES string of the molecule is C=C/C=C\C1=C(C)OCC(CC(C)C)O1. The van der Waals surface area contributed by atoms with Crippen molar-refractivity contribution in [3.05, 3.63) is 36.3 Å². The number of hydrogen-bond acceptors (Lipinski definition) is 2. The van der Waals surface area contributed by atoms with E-state index in [0.29, 0.717) is 12.5 Å². The van der Waals surface area contributed by atoms with Crippen molar-refractivity contribution in [3.8, 4) is 0 Å². The van der Waals surface area contributed by atoms with Crippen LogP contribution in [0.4, 0.5) is 0 Å². The molecule has 1 rings (SSSR count). The maximum absolute atomic E-state index is 5.83. The highest BCUT2D eigenvalue weighted by molar-refractivity contribution is 5.19. The summed E-state index contributed by atoms with van der Waals surface area (Å²) < 4.78 is 11.4. The Balaban J connectivity index is 2.61. The summed E-state index contributed by atoms with van der Waals surface area (Å²) in [6.45, 7) is 10.6. The molecule has 84 valence electrons. The first-order chi connectivity index (χ1) is 7.13. The minimum Gasteiger partial charge on any atom is -0.491 e. The minimum atomic E-state index is 0.179. The third-order valence-corrected chi connectivity index (χ3v) is 2.24. The van der Waals surface area contributed by atoms with Gasteiger partial charge in [0.05, 0.1) is 0 Å². The Morgan fingerprint density at radius 1 is 1.53 bits per heavy atom. The third-order valence-electron chi connectivity index (χ3n) is 2.24. The van der Waals surface area contributed by atoms with E-state index in [1.54, 1.807) is 6.08 Å². The molecule has 0 saturated carbocycles. The maximum Gasteiger partial charge on any atom is 0.157 e. The van der Waals surface area contributed by atoms with E-state index in [2.05, 4.69) is 20.4 Å². The van der Waals surface area contributed by atoms with Crippen LogP contribution >= 0.6 is 0 Å². The van der Waals surface area contributed by atoms with Gasteiger partial charge in [0.25, 0.3) is 0 Å². The third kappa shape index (κ3) is 3.82. The van der Waals surface area contributed by atoms with Crippen molar-refractivity contribution in [2.45, 2.75) is 33.3 Å². The number of allylic oxidation sites excluding steroid dienone is 4. The molecule has 1 unspecified atom stereocenters. The average molecular weight is 208 g/mol. The van der Waals surface area contributed by atoms with Crippen LogP contribution in [0, 0.1) is 5.92 Å². The monoisotopic (exact) mass is 208 g/mol. The number of hydrogen-bond donors (Lipinski definition) is 0. The summed E-state index contributed by atoms with van der Waals surface area (Å²) in [6.07, 6.45) is 6.70. The van der Waals surface area contributed by atoms with Gasteiger partial charge >= 0.3 is 0 Å². The summed E-state index contributed by atoms with van der Waals surface area (Å²) in [5.74, 6) is 2.31. The molecule has 2 heteroatoms. The molecular weight excluding hydrogens is 188 g/mol. The molecule has 0 fully saturated rings. The van der Waals surface area contributed by atoms with Crippen LogP contribution in [0.25, 0.3) is 0 Å². The summed E-state index contributed by atoms with van der Waals surface area (Å²) in [5.41, 5.74) is 0. The van der Waals surface area contributed by atoms with Gasteiger partial charge in [-0.1, -0.05) is 32.6 Å². The van der Waals surface area contributed by atoms with Crippen molar-refractivity contribution in [1.82, 2.24) is 0 Å². The van der Waals surface area contributed by atoms with E-state index in [1.807, 2.05) is 19.1 Å². The molecule has 0 N–H and O–H groups in total. The molecule has 0 radical (unpaired) electrons. The van der Waals surface area contributed by atoms with Gasteiger partial charge in [0.1, 0.15) is 18.5 Å². The van der Waals surface area contributed by atoms with Crippen molar-refractivity contribution in [2.75, 3.05) is 6.61 Å². The lowest BCUT2D eigenvalue weighted by atomic mass is 10.1. The summed E-state index contributed by atoms with van der Waals surface area (Å²) in [6, 6.07) is 0. The first-order valence-corrected chi connectivity index (χ1v) is 5.43. The largest absolute Gasteiger partial charge is 0.491 e. The second-order valence-corrected chi connectivity index (χ2v) is 4.20. The van der Waals surface area contributed by atoms with E-state index < -0.39 is 0 Å². The normalized spacial score (nSPS) is 21.7. The topological polar surface area (TPSA) is 18.5 Å². The van der Waals surface area contributed by atoms with Gasteiger partial charge in [-0.25, -0.2) is 0 Å². The zero-order valence-corrected chi connectivity index (χ0v) is 9.82. The lowest BCUT2D eigenvalue weighted by molar-refractivity contribution is -0.00658. The quantitative estimate of drug-likeness (QED) is 0.659. The molecule has 0 spiro atoms. The van der Waals surface area contributed by atoms with Crippen LogP contribution in [0.1, 0.15) is 27.2 Å². The zero-order chi connectivity index (χ0) is 11.3. The lowest BCUT2D eigenvalue weighted by Gasteiger charge is -2.27. The van der Waals surface area contributed by atoms with Crippen LogP contribution in [0.3, 0.4) is 0 Å². The highest BCUT2D eigenvalue weighted by atomic mass is 16.6. The fraction of sp³-hybridized carbons (Fsp3) is 0.538. The minimum absolute atomic E-state index is 0.179. The molecule has 2 nitrogen and oxygen atoms in total. The lowest BCUT2D eigenvalue weighted by Crippen LogP contribution is -2.25. The molecule has 0 saturated heterocycles. The highest BCUT2D eigenvalue weighted by Crippen LogP contribution is 2.22. The molecule has 1 aliphatic rings. The van der Waals surface area contributed by atoms with Crippen molar-refractivity contribution in [2.24, 2.45) is 5.92 Å². The molecule has 1 aliphatic heterocycles.